The van der Waals surface area contributed by atoms with Crippen LogP contribution in [0, 0.1) is 0 Å². The van der Waals surface area contributed by atoms with E-state index < -0.39 is 0 Å². The Hall–Kier alpha value is -0.840. The molecule has 1 aromatic heterocycles. The van der Waals surface area contributed by atoms with Crippen LogP contribution in [0.4, 0.5) is 0 Å². The molecular formula is C15H17BrN2S. The summed E-state index contributed by atoms with van der Waals surface area (Å²) in [5.74, 6) is 0. The zero-order valence-corrected chi connectivity index (χ0v) is 13.2. The van der Waals surface area contributed by atoms with E-state index in [0.717, 1.165) is 15.9 Å². The number of pyridine rings is 1. The molecule has 0 fully saturated rings. The third kappa shape index (κ3) is 3.81. The first kappa shape index (κ1) is 14.6. The van der Waals surface area contributed by atoms with Crippen molar-refractivity contribution in [1.29, 1.82) is 0 Å². The van der Waals surface area contributed by atoms with Gasteiger partial charge in [0.2, 0.25) is 0 Å². The summed E-state index contributed by atoms with van der Waals surface area (Å²) >= 11 is 5.27. The van der Waals surface area contributed by atoms with Crippen molar-refractivity contribution >= 4 is 27.7 Å². The molecule has 0 spiro atoms. The number of rotatable bonds is 5. The molecule has 1 heterocycles. The molecular weight excluding hydrogens is 320 g/mol. The van der Waals surface area contributed by atoms with Gasteiger partial charge in [-0.2, -0.15) is 0 Å². The Balaban J connectivity index is 2.15. The summed E-state index contributed by atoms with van der Waals surface area (Å²) in [5, 5.41) is 1.31. The first-order chi connectivity index (χ1) is 9.22. The molecule has 100 valence electrons. The van der Waals surface area contributed by atoms with Gasteiger partial charge in [-0.15, -0.1) is 0 Å². The van der Waals surface area contributed by atoms with Gasteiger partial charge in [0, 0.05) is 22.0 Å². The summed E-state index contributed by atoms with van der Waals surface area (Å²) in [6.45, 7) is 2.16. The minimum atomic E-state index is 0.0186. The average Bonchev–Trinajstić information content (AvgIpc) is 2.47. The van der Waals surface area contributed by atoms with Gasteiger partial charge in [0.05, 0.1) is 0 Å². The number of aromatic nitrogens is 1. The first-order valence-electron chi connectivity index (χ1n) is 6.30. The molecule has 2 rings (SSSR count). The molecule has 0 radical (unpaired) electrons. The average molecular weight is 337 g/mol. The van der Waals surface area contributed by atoms with Crippen LogP contribution >= 0.6 is 27.7 Å². The molecule has 4 heteroatoms. The van der Waals surface area contributed by atoms with Gasteiger partial charge >= 0.3 is 0 Å². The molecule has 2 atom stereocenters. The summed E-state index contributed by atoms with van der Waals surface area (Å²) in [7, 11) is 0. The Morgan fingerprint density at radius 1 is 1.21 bits per heavy atom. The molecule has 2 aromatic rings. The minimum Gasteiger partial charge on any atom is -0.323 e. The first-order valence-corrected chi connectivity index (χ1v) is 7.97. The number of hydrogen-bond acceptors (Lipinski definition) is 3. The van der Waals surface area contributed by atoms with Crippen LogP contribution in [0.1, 0.15) is 24.9 Å². The SMILES string of the molecule is CCC(Sc1ncccc1Br)C(N)c1ccccc1. The second kappa shape index (κ2) is 7.08. The monoisotopic (exact) mass is 336 g/mol. The molecule has 0 bridgehead atoms. The van der Waals surface area contributed by atoms with Crippen molar-refractivity contribution in [2.24, 2.45) is 5.73 Å². The van der Waals surface area contributed by atoms with Crippen LogP contribution < -0.4 is 5.73 Å². The van der Waals surface area contributed by atoms with Crippen molar-refractivity contribution in [3.8, 4) is 0 Å². The van der Waals surface area contributed by atoms with E-state index in [1.54, 1.807) is 11.8 Å². The normalized spacial score (nSPS) is 14.1. The summed E-state index contributed by atoms with van der Waals surface area (Å²) in [5.41, 5.74) is 7.56. The third-order valence-corrected chi connectivity index (χ3v) is 5.36. The number of hydrogen-bond donors (Lipinski definition) is 1. The third-order valence-electron chi connectivity index (χ3n) is 2.98. The molecule has 2 nitrogen and oxygen atoms in total. The van der Waals surface area contributed by atoms with E-state index in [2.05, 4.69) is 40.0 Å². The highest BCUT2D eigenvalue weighted by molar-refractivity contribution is 9.10. The second-order valence-corrected chi connectivity index (χ2v) is 6.37. The number of halogens is 1. The van der Waals surface area contributed by atoms with Crippen LogP contribution in [0.15, 0.2) is 58.2 Å². The van der Waals surface area contributed by atoms with E-state index >= 15 is 0 Å². The van der Waals surface area contributed by atoms with Gasteiger partial charge in [0.15, 0.2) is 0 Å². The van der Waals surface area contributed by atoms with E-state index in [1.165, 1.54) is 5.56 Å². The molecule has 2 N–H and O–H groups in total. The van der Waals surface area contributed by atoms with Gasteiger partial charge in [-0.1, -0.05) is 49.0 Å². The van der Waals surface area contributed by atoms with Crippen molar-refractivity contribution in [2.75, 3.05) is 0 Å². The Morgan fingerprint density at radius 2 is 1.95 bits per heavy atom. The van der Waals surface area contributed by atoms with Crippen LogP contribution in [-0.4, -0.2) is 10.2 Å². The number of benzene rings is 1. The van der Waals surface area contributed by atoms with Gasteiger partial charge in [0.25, 0.3) is 0 Å². The van der Waals surface area contributed by atoms with Crippen molar-refractivity contribution in [1.82, 2.24) is 4.98 Å². The fourth-order valence-corrected chi connectivity index (χ4v) is 3.50. The summed E-state index contributed by atoms with van der Waals surface area (Å²) in [6.07, 6.45) is 2.82. The zero-order chi connectivity index (χ0) is 13.7. The van der Waals surface area contributed by atoms with E-state index in [1.807, 2.05) is 36.5 Å². The van der Waals surface area contributed by atoms with Gasteiger partial charge in [-0.3, -0.25) is 0 Å². The molecule has 19 heavy (non-hydrogen) atoms. The van der Waals surface area contributed by atoms with Crippen LogP contribution in [0.5, 0.6) is 0 Å². The lowest BCUT2D eigenvalue weighted by Crippen LogP contribution is -2.23. The lowest BCUT2D eigenvalue weighted by atomic mass is 10.0. The molecule has 0 aliphatic heterocycles. The molecule has 2 unspecified atom stereocenters. The quantitative estimate of drug-likeness (QED) is 0.821. The van der Waals surface area contributed by atoms with Crippen LogP contribution in [0.25, 0.3) is 0 Å². The Bertz CT molecular complexity index is 519. The number of nitrogens with zero attached hydrogens (tertiary/aromatic N) is 1. The van der Waals surface area contributed by atoms with Crippen molar-refractivity contribution in [3.63, 3.8) is 0 Å². The summed E-state index contributed by atoms with van der Waals surface area (Å²) < 4.78 is 1.03. The van der Waals surface area contributed by atoms with E-state index in [-0.39, 0.29) is 6.04 Å². The van der Waals surface area contributed by atoms with Crippen LogP contribution in [0.3, 0.4) is 0 Å². The van der Waals surface area contributed by atoms with Gasteiger partial charge in [-0.25, -0.2) is 4.98 Å². The predicted molar refractivity (Wildman–Crippen MR) is 85.2 cm³/mol. The van der Waals surface area contributed by atoms with E-state index in [9.17, 15) is 0 Å². The highest BCUT2D eigenvalue weighted by Crippen LogP contribution is 2.35. The fourth-order valence-electron chi connectivity index (χ4n) is 1.90. The Labute approximate surface area is 126 Å². The molecule has 0 saturated carbocycles. The largest absolute Gasteiger partial charge is 0.323 e. The lowest BCUT2D eigenvalue weighted by molar-refractivity contribution is 0.655. The van der Waals surface area contributed by atoms with Crippen molar-refractivity contribution in [2.45, 2.75) is 29.7 Å². The van der Waals surface area contributed by atoms with E-state index in [4.69, 9.17) is 5.73 Å². The van der Waals surface area contributed by atoms with Crippen LogP contribution in [0.2, 0.25) is 0 Å². The van der Waals surface area contributed by atoms with E-state index in [0.29, 0.717) is 5.25 Å². The maximum absolute atomic E-state index is 6.38. The molecule has 0 aliphatic rings. The van der Waals surface area contributed by atoms with Crippen molar-refractivity contribution < 1.29 is 0 Å². The van der Waals surface area contributed by atoms with Crippen molar-refractivity contribution in [3.05, 3.63) is 58.7 Å². The maximum Gasteiger partial charge on any atom is 0.110 e. The summed E-state index contributed by atoms with van der Waals surface area (Å²) in [4.78, 5) is 4.40. The predicted octanol–water partition coefficient (Wildman–Crippen LogP) is 4.41. The summed E-state index contributed by atoms with van der Waals surface area (Å²) in [6, 6.07) is 14.2. The smallest absolute Gasteiger partial charge is 0.110 e. The highest BCUT2D eigenvalue weighted by atomic mass is 79.9. The lowest BCUT2D eigenvalue weighted by Gasteiger charge is -2.22. The number of nitrogens with two attached hydrogens (primary N) is 1. The second-order valence-electron chi connectivity index (χ2n) is 4.29. The highest BCUT2D eigenvalue weighted by Gasteiger charge is 2.20. The minimum absolute atomic E-state index is 0.0186. The maximum atomic E-state index is 6.38. The molecule has 0 amide bonds. The topological polar surface area (TPSA) is 38.9 Å². The van der Waals surface area contributed by atoms with Gasteiger partial charge in [0.1, 0.15) is 5.03 Å². The van der Waals surface area contributed by atoms with Crippen LogP contribution in [-0.2, 0) is 0 Å². The molecule has 1 aromatic carbocycles. The Morgan fingerprint density at radius 3 is 2.58 bits per heavy atom. The zero-order valence-electron chi connectivity index (χ0n) is 10.8. The van der Waals surface area contributed by atoms with Gasteiger partial charge < -0.3 is 5.73 Å². The number of thioether (sulfide) groups is 1. The Kier molecular flexibility index (Phi) is 5.43. The standard InChI is InChI=1S/C15H17BrN2S/c1-2-13(14(17)11-7-4-3-5-8-11)19-15-12(16)9-6-10-18-15/h3-10,13-14H,2,17H2,1H3. The molecule has 0 aliphatic carbocycles. The van der Waals surface area contributed by atoms with Gasteiger partial charge in [-0.05, 0) is 40.0 Å². The fraction of sp³-hybridized carbons (Fsp3) is 0.267. The molecule has 0 saturated heterocycles.